The number of ketones is 1. The number of benzene rings is 1. The van der Waals surface area contributed by atoms with E-state index in [4.69, 9.17) is 5.73 Å². The topological polar surface area (TPSA) is 156 Å². The predicted molar refractivity (Wildman–Crippen MR) is 149 cm³/mol. The summed E-state index contributed by atoms with van der Waals surface area (Å²) in [5, 5.41) is 15.2. The highest BCUT2D eigenvalue weighted by Gasteiger charge is 2.41. The molecule has 2 fully saturated rings. The van der Waals surface area contributed by atoms with Crippen molar-refractivity contribution in [2.24, 2.45) is 5.73 Å². The highest BCUT2D eigenvalue weighted by Crippen LogP contribution is 2.29. The number of alkyl halides is 1. The van der Waals surface area contributed by atoms with Crippen molar-refractivity contribution in [1.29, 1.82) is 0 Å². The minimum atomic E-state index is -1.38. The van der Waals surface area contributed by atoms with Crippen molar-refractivity contribution in [3.8, 4) is 11.1 Å². The Bertz CT molecular complexity index is 1580. The number of amides is 3. The van der Waals surface area contributed by atoms with E-state index in [1.165, 1.54) is 15.7 Å². The molecule has 0 bridgehead atoms. The molecule has 3 N–H and O–H groups in total. The number of primary amides is 1. The maximum atomic E-state index is 14.6. The second-order valence-corrected chi connectivity index (χ2v) is 11.0. The number of rotatable bonds is 7. The van der Waals surface area contributed by atoms with E-state index in [-0.39, 0.29) is 43.6 Å². The van der Waals surface area contributed by atoms with Gasteiger partial charge in [0.2, 0.25) is 11.8 Å². The molecule has 218 valence electrons. The number of hydrogen-bond acceptors (Lipinski definition) is 8. The van der Waals surface area contributed by atoms with Gasteiger partial charge in [0.05, 0.1) is 31.0 Å². The Morgan fingerprint density at radius 1 is 1.07 bits per heavy atom. The van der Waals surface area contributed by atoms with E-state index >= 15 is 0 Å². The van der Waals surface area contributed by atoms with Gasteiger partial charge in [0.15, 0.2) is 11.5 Å². The maximum Gasteiger partial charge on any atom is 0.269 e. The Labute approximate surface area is 240 Å². The summed E-state index contributed by atoms with van der Waals surface area (Å²) in [6.45, 7) is -0.374. The fraction of sp³-hybridized carbons (Fsp3) is 0.414. The van der Waals surface area contributed by atoms with Crippen LogP contribution in [-0.2, 0) is 20.9 Å². The zero-order valence-electron chi connectivity index (χ0n) is 22.9. The van der Waals surface area contributed by atoms with Crippen molar-refractivity contribution >= 4 is 34.4 Å². The molecule has 13 heteroatoms. The summed E-state index contributed by atoms with van der Waals surface area (Å²) in [5.74, 6) is -1.52. The van der Waals surface area contributed by atoms with Gasteiger partial charge in [0.1, 0.15) is 24.6 Å². The first-order valence-electron chi connectivity index (χ1n) is 14.1. The molecule has 1 saturated carbocycles. The molecule has 2 aliphatic heterocycles. The normalized spacial score (nSPS) is 21.2. The first-order chi connectivity index (χ1) is 20.3. The predicted octanol–water partition coefficient (Wildman–Crippen LogP) is 1.71. The molecule has 3 aromatic rings. The summed E-state index contributed by atoms with van der Waals surface area (Å²) in [6, 6.07) is 6.12. The number of nitrogens with zero attached hydrogens (tertiary/aromatic N) is 6. The highest BCUT2D eigenvalue weighted by molar-refractivity contribution is 6.05. The van der Waals surface area contributed by atoms with Crippen LogP contribution in [0.4, 0.5) is 4.39 Å². The second-order valence-electron chi connectivity index (χ2n) is 11.0. The Balaban J connectivity index is 1.21. The molecule has 0 spiro atoms. The van der Waals surface area contributed by atoms with Crippen molar-refractivity contribution in [2.45, 2.75) is 63.3 Å². The van der Waals surface area contributed by atoms with Crippen molar-refractivity contribution in [2.75, 3.05) is 13.1 Å². The molecule has 4 heterocycles. The van der Waals surface area contributed by atoms with E-state index in [1.54, 1.807) is 36.7 Å². The minimum absolute atomic E-state index is 0.0126. The van der Waals surface area contributed by atoms with E-state index in [1.807, 2.05) is 4.90 Å². The molecule has 1 aliphatic carbocycles. The summed E-state index contributed by atoms with van der Waals surface area (Å²) in [6.07, 6.45) is 8.15. The largest absolute Gasteiger partial charge is 0.364 e. The standard InChI is InChI=1S/C29H31FN8O4/c30-19-11-24(29(42)34-25-12-21(39)15-36(25)20-4-2-1-3-5-20)37(14-19)26(40)16-38-23-7-6-17(18-8-9-32-33-13-18)10-22(23)27(35-38)28(31)41/h6-10,12-13,19-20,24H,1-5,11,14-16H2,(H2,31,41)(H,34,42)/t19-,24+/m1/s1. The summed E-state index contributed by atoms with van der Waals surface area (Å²) in [4.78, 5) is 54.5. The first kappa shape index (κ1) is 27.5. The number of carbonyl (C=O) groups is 4. The Morgan fingerprint density at radius 3 is 2.62 bits per heavy atom. The lowest BCUT2D eigenvalue weighted by atomic mass is 9.94. The van der Waals surface area contributed by atoms with E-state index in [2.05, 4.69) is 20.6 Å². The number of hydrogen-bond donors (Lipinski definition) is 2. The zero-order chi connectivity index (χ0) is 29.4. The van der Waals surface area contributed by atoms with Crippen LogP contribution in [0, 0.1) is 0 Å². The van der Waals surface area contributed by atoms with Gasteiger partial charge in [-0.3, -0.25) is 23.9 Å². The van der Waals surface area contributed by atoms with Crippen LogP contribution in [0.25, 0.3) is 22.0 Å². The lowest BCUT2D eigenvalue weighted by Gasteiger charge is -2.34. The second kappa shape index (κ2) is 11.3. The molecule has 2 atom stereocenters. The van der Waals surface area contributed by atoms with Crippen molar-refractivity contribution in [3.63, 3.8) is 0 Å². The van der Waals surface area contributed by atoms with Crippen LogP contribution in [-0.4, -0.2) is 84.6 Å². The van der Waals surface area contributed by atoms with Crippen molar-refractivity contribution in [3.05, 3.63) is 54.3 Å². The summed E-state index contributed by atoms with van der Waals surface area (Å²) in [7, 11) is 0. The molecule has 0 radical (unpaired) electrons. The van der Waals surface area contributed by atoms with Crippen LogP contribution >= 0.6 is 0 Å². The average molecular weight is 575 g/mol. The zero-order valence-corrected chi connectivity index (χ0v) is 22.9. The van der Waals surface area contributed by atoms with Gasteiger partial charge in [-0.1, -0.05) is 25.3 Å². The number of carbonyl (C=O) groups excluding carboxylic acids is 4. The molecule has 1 aromatic carbocycles. The van der Waals surface area contributed by atoms with E-state index in [0.29, 0.717) is 16.7 Å². The van der Waals surface area contributed by atoms with E-state index in [0.717, 1.165) is 43.2 Å². The third kappa shape index (κ3) is 5.33. The molecule has 1 saturated heterocycles. The average Bonchev–Trinajstić information content (AvgIpc) is 3.68. The Kier molecular flexibility index (Phi) is 7.40. The van der Waals surface area contributed by atoms with Gasteiger partial charge in [0.25, 0.3) is 5.91 Å². The third-order valence-electron chi connectivity index (χ3n) is 8.26. The molecule has 42 heavy (non-hydrogen) atoms. The molecule has 2 aromatic heterocycles. The minimum Gasteiger partial charge on any atom is -0.364 e. The van der Waals surface area contributed by atoms with Gasteiger partial charge in [-0.05, 0) is 36.6 Å². The number of nitrogens with one attached hydrogen (secondary N) is 1. The van der Waals surface area contributed by atoms with Gasteiger partial charge < -0.3 is 20.9 Å². The number of aromatic nitrogens is 4. The van der Waals surface area contributed by atoms with E-state index in [9.17, 15) is 23.6 Å². The molecular weight excluding hydrogens is 543 g/mol. The van der Waals surface area contributed by atoms with Crippen LogP contribution in [0.5, 0.6) is 0 Å². The molecule has 6 rings (SSSR count). The van der Waals surface area contributed by atoms with Crippen LogP contribution in [0.3, 0.4) is 0 Å². The van der Waals surface area contributed by atoms with Gasteiger partial charge in [-0.2, -0.15) is 15.3 Å². The summed E-state index contributed by atoms with van der Waals surface area (Å²) in [5.41, 5.74) is 7.60. The molecule has 0 unspecified atom stereocenters. The molecule has 3 amide bonds. The van der Waals surface area contributed by atoms with Gasteiger partial charge >= 0.3 is 0 Å². The monoisotopic (exact) mass is 574 g/mol. The number of fused-ring (bicyclic) bond motifs is 1. The quantitative estimate of drug-likeness (QED) is 0.432. The fourth-order valence-corrected chi connectivity index (χ4v) is 6.22. The fourth-order valence-electron chi connectivity index (χ4n) is 6.22. The number of likely N-dealkylation sites (tertiary alicyclic amines) is 1. The number of nitrogens with two attached hydrogens (primary N) is 1. The molecule has 3 aliphatic rings. The summed E-state index contributed by atoms with van der Waals surface area (Å²) < 4.78 is 16.0. The smallest absolute Gasteiger partial charge is 0.269 e. The molecular formula is C29H31FN8O4. The van der Waals surface area contributed by atoms with Crippen molar-refractivity contribution in [1.82, 2.24) is 35.1 Å². The van der Waals surface area contributed by atoms with Crippen LogP contribution in [0.2, 0.25) is 0 Å². The third-order valence-corrected chi connectivity index (χ3v) is 8.26. The Morgan fingerprint density at radius 2 is 1.88 bits per heavy atom. The Hall–Kier alpha value is -4.68. The van der Waals surface area contributed by atoms with Gasteiger partial charge in [-0.25, -0.2) is 4.39 Å². The lowest BCUT2D eigenvalue weighted by molar-refractivity contribution is -0.139. The van der Waals surface area contributed by atoms with E-state index < -0.39 is 29.9 Å². The molecule has 12 nitrogen and oxygen atoms in total. The van der Waals surface area contributed by atoms with Crippen LogP contribution < -0.4 is 11.1 Å². The number of halogens is 1. The highest BCUT2D eigenvalue weighted by atomic mass is 19.1. The SMILES string of the molecule is NC(=O)c1nn(CC(=O)N2C[C@H](F)C[C@H]2C(=O)NC2=CC(=O)CN2C2CCCCC2)c2ccc(-c3ccnnc3)cc12. The van der Waals surface area contributed by atoms with Gasteiger partial charge in [-0.15, -0.1) is 0 Å². The first-order valence-corrected chi connectivity index (χ1v) is 14.1. The van der Waals surface area contributed by atoms with Gasteiger partial charge in [0, 0.05) is 29.5 Å². The van der Waals surface area contributed by atoms with Crippen molar-refractivity contribution < 1.29 is 23.6 Å². The lowest BCUT2D eigenvalue weighted by Crippen LogP contribution is -2.49. The van der Waals surface area contributed by atoms with Crippen LogP contribution in [0.1, 0.15) is 49.0 Å². The maximum absolute atomic E-state index is 14.6. The van der Waals surface area contributed by atoms with Crippen LogP contribution in [0.15, 0.2) is 48.6 Å². The summed E-state index contributed by atoms with van der Waals surface area (Å²) >= 11 is 0.